The molecule has 18 heavy (non-hydrogen) atoms. The topological polar surface area (TPSA) is 72.2 Å². The van der Waals surface area contributed by atoms with Crippen molar-refractivity contribution in [1.29, 1.82) is 0 Å². The number of aryl methyl sites for hydroxylation is 1. The molecule has 0 saturated carbocycles. The molecule has 8 heteroatoms. The Balaban J connectivity index is 2.39. The summed E-state index contributed by atoms with van der Waals surface area (Å²) >= 11 is 5.64. The standard InChI is InChI=1S/C10H8ClFN2O3S/c1-6-4-10(13-17-6)14-18(15,16)9-5-7(11)2-3-8(9)12/h2-5H,1H3,(H,13,14). The number of anilines is 1. The fourth-order valence-electron chi connectivity index (χ4n) is 1.29. The highest BCUT2D eigenvalue weighted by molar-refractivity contribution is 7.92. The number of aromatic nitrogens is 1. The average Bonchev–Trinajstić information content (AvgIpc) is 2.66. The zero-order chi connectivity index (χ0) is 13.3. The van der Waals surface area contributed by atoms with Gasteiger partial charge in [-0.2, -0.15) is 0 Å². The molecular formula is C10H8ClFN2O3S. The van der Waals surface area contributed by atoms with Crippen molar-refractivity contribution in [2.24, 2.45) is 0 Å². The first-order chi connectivity index (χ1) is 8.38. The lowest BCUT2D eigenvalue weighted by molar-refractivity contribution is 0.400. The second-order valence-corrected chi connectivity index (χ2v) is 5.59. The quantitative estimate of drug-likeness (QED) is 0.943. The number of benzene rings is 1. The first kappa shape index (κ1) is 12.8. The summed E-state index contributed by atoms with van der Waals surface area (Å²) in [6, 6.07) is 4.63. The SMILES string of the molecule is Cc1cc(NS(=O)(=O)c2cc(Cl)ccc2F)no1. The molecule has 0 saturated heterocycles. The van der Waals surface area contributed by atoms with E-state index in [1.807, 2.05) is 0 Å². The van der Waals surface area contributed by atoms with E-state index >= 15 is 0 Å². The number of nitrogens with zero attached hydrogens (tertiary/aromatic N) is 1. The lowest BCUT2D eigenvalue weighted by atomic mass is 10.3. The minimum atomic E-state index is -4.09. The highest BCUT2D eigenvalue weighted by atomic mass is 35.5. The van der Waals surface area contributed by atoms with Gasteiger partial charge in [-0.25, -0.2) is 12.8 Å². The van der Waals surface area contributed by atoms with Crippen molar-refractivity contribution in [2.45, 2.75) is 11.8 Å². The number of nitrogens with one attached hydrogen (secondary N) is 1. The summed E-state index contributed by atoms with van der Waals surface area (Å²) in [5.74, 6) is -0.488. The van der Waals surface area contributed by atoms with Crippen molar-refractivity contribution >= 4 is 27.4 Å². The van der Waals surface area contributed by atoms with Gasteiger partial charge in [0.25, 0.3) is 10.0 Å². The van der Waals surface area contributed by atoms with Crippen LogP contribution >= 0.6 is 11.6 Å². The molecule has 0 amide bonds. The van der Waals surface area contributed by atoms with E-state index in [0.717, 1.165) is 12.1 Å². The van der Waals surface area contributed by atoms with Crippen LogP contribution in [0.3, 0.4) is 0 Å². The van der Waals surface area contributed by atoms with Crippen LogP contribution in [0.5, 0.6) is 0 Å². The van der Waals surface area contributed by atoms with E-state index in [1.54, 1.807) is 6.92 Å². The van der Waals surface area contributed by atoms with E-state index < -0.39 is 20.7 Å². The Kier molecular flexibility index (Phi) is 3.27. The largest absolute Gasteiger partial charge is 0.360 e. The highest BCUT2D eigenvalue weighted by Gasteiger charge is 2.20. The van der Waals surface area contributed by atoms with Crippen LogP contribution in [-0.4, -0.2) is 13.6 Å². The number of rotatable bonds is 3. The molecule has 0 aliphatic rings. The first-order valence-corrected chi connectivity index (χ1v) is 6.66. The molecule has 0 aliphatic heterocycles. The molecule has 5 nitrogen and oxygen atoms in total. The predicted octanol–water partition coefficient (Wildman–Crippen LogP) is 2.58. The smallest absolute Gasteiger partial charge is 0.266 e. The number of halogens is 2. The molecule has 0 aliphatic carbocycles. The van der Waals surface area contributed by atoms with Gasteiger partial charge in [-0.1, -0.05) is 16.8 Å². The van der Waals surface area contributed by atoms with Gasteiger partial charge in [0.2, 0.25) is 0 Å². The highest BCUT2D eigenvalue weighted by Crippen LogP contribution is 2.22. The molecule has 0 atom stereocenters. The van der Waals surface area contributed by atoms with E-state index in [9.17, 15) is 12.8 Å². The normalized spacial score (nSPS) is 11.5. The molecular weight excluding hydrogens is 283 g/mol. The number of hydrogen-bond donors (Lipinski definition) is 1. The van der Waals surface area contributed by atoms with Gasteiger partial charge in [0, 0.05) is 11.1 Å². The summed E-state index contributed by atoms with van der Waals surface area (Å²) < 4.78 is 44.0. The third kappa shape index (κ3) is 2.62. The number of sulfonamides is 1. The summed E-state index contributed by atoms with van der Waals surface area (Å²) in [7, 11) is -4.09. The van der Waals surface area contributed by atoms with Crippen LogP contribution in [-0.2, 0) is 10.0 Å². The van der Waals surface area contributed by atoms with Crippen molar-refractivity contribution in [3.63, 3.8) is 0 Å². The summed E-state index contributed by atoms with van der Waals surface area (Å²) in [5, 5.41) is 3.58. The van der Waals surface area contributed by atoms with Crippen LogP contribution in [0, 0.1) is 12.7 Å². The minimum Gasteiger partial charge on any atom is -0.360 e. The average molecular weight is 291 g/mol. The van der Waals surface area contributed by atoms with Crippen molar-refractivity contribution in [1.82, 2.24) is 5.16 Å². The van der Waals surface area contributed by atoms with Crippen LogP contribution in [0.15, 0.2) is 33.7 Å². The third-order valence-corrected chi connectivity index (χ3v) is 3.65. The summed E-state index contributed by atoms with van der Waals surface area (Å²) in [5.41, 5.74) is 0. The van der Waals surface area contributed by atoms with E-state index in [4.69, 9.17) is 16.1 Å². The van der Waals surface area contributed by atoms with E-state index in [0.29, 0.717) is 5.76 Å². The van der Waals surface area contributed by atoms with Crippen molar-refractivity contribution in [3.05, 3.63) is 40.9 Å². The number of hydrogen-bond acceptors (Lipinski definition) is 4. The second kappa shape index (κ2) is 4.58. The summed E-state index contributed by atoms with van der Waals surface area (Å²) in [6.45, 7) is 1.60. The zero-order valence-corrected chi connectivity index (χ0v) is 10.7. The van der Waals surface area contributed by atoms with Crippen molar-refractivity contribution in [2.75, 3.05) is 4.72 Å². The second-order valence-electron chi connectivity index (χ2n) is 3.50. The fraction of sp³-hybridized carbons (Fsp3) is 0.100. The van der Waals surface area contributed by atoms with E-state index in [-0.39, 0.29) is 10.8 Å². The molecule has 0 unspecified atom stereocenters. The van der Waals surface area contributed by atoms with Gasteiger partial charge in [-0.05, 0) is 25.1 Å². The molecule has 1 heterocycles. The maximum atomic E-state index is 13.5. The zero-order valence-electron chi connectivity index (χ0n) is 9.15. The van der Waals surface area contributed by atoms with Crippen LogP contribution in [0.25, 0.3) is 0 Å². The van der Waals surface area contributed by atoms with Crippen molar-refractivity contribution in [3.8, 4) is 0 Å². The first-order valence-electron chi connectivity index (χ1n) is 4.80. The monoisotopic (exact) mass is 290 g/mol. The maximum Gasteiger partial charge on any atom is 0.266 e. The Hall–Kier alpha value is -1.60. The summed E-state index contributed by atoms with van der Waals surface area (Å²) in [6.07, 6.45) is 0. The molecule has 2 rings (SSSR count). The van der Waals surface area contributed by atoms with Gasteiger partial charge < -0.3 is 4.52 Å². The Labute approximate surface area is 108 Å². The summed E-state index contributed by atoms with van der Waals surface area (Å²) in [4.78, 5) is -0.546. The Morgan fingerprint density at radius 2 is 2.11 bits per heavy atom. The molecule has 0 spiro atoms. The molecule has 2 aromatic rings. The third-order valence-electron chi connectivity index (χ3n) is 2.05. The van der Waals surface area contributed by atoms with E-state index in [2.05, 4.69) is 9.88 Å². The van der Waals surface area contributed by atoms with Gasteiger partial charge in [0.15, 0.2) is 5.82 Å². The predicted molar refractivity (Wildman–Crippen MR) is 63.5 cm³/mol. The Morgan fingerprint density at radius 3 is 2.72 bits per heavy atom. The molecule has 1 aromatic heterocycles. The molecule has 0 fully saturated rings. The van der Waals surface area contributed by atoms with Gasteiger partial charge in [0.05, 0.1) is 0 Å². The van der Waals surface area contributed by atoms with Crippen LogP contribution < -0.4 is 4.72 Å². The van der Waals surface area contributed by atoms with Gasteiger partial charge in [-0.15, -0.1) is 0 Å². The minimum absolute atomic E-state index is 0.0214. The fourth-order valence-corrected chi connectivity index (χ4v) is 2.62. The Morgan fingerprint density at radius 1 is 1.39 bits per heavy atom. The van der Waals surface area contributed by atoms with Crippen LogP contribution in [0.1, 0.15) is 5.76 Å². The van der Waals surface area contributed by atoms with Crippen LogP contribution in [0.4, 0.5) is 10.2 Å². The molecule has 0 bridgehead atoms. The molecule has 0 radical (unpaired) electrons. The lowest BCUT2D eigenvalue weighted by Gasteiger charge is -2.06. The van der Waals surface area contributed by atoms with E-state index in [1.165, 1.54) is 12.1 Å². The lowest BCUT2D eigenvalue weighted by Crippen LogP contribution is -2.14. The molecule has 1 N–H and O–H groups in total. The van der Waals surface area contributed by atoms with Gasteiger partial charge in [0.1, 0.15) is 16.5 Å². The maximum absolute atomic E-state index is 13.5. The molecule has 96 valence electrons. The molecule has 1 aromatic carbocycles. The van der Waals surface area contributed by atoms with Gasteiger partial charge >= 0.3 is 0 Å². The van der Waals surface area contributed by atoms with Crippen LogP contribution in [0.2, 0.25) is 5.02 Å². The van der Waals surface area contributed by atoms with Gasteiger partial charge in [-0.3, -0.25) is 4.72 Å². The van der Waals surface area contributed by atoms with Crippen molar-refractivity contribution < 1.29 is 17.3 Å². The Bertz CT molecular complexity index is 684.